The van der Waals surface area contributed by atoms with Crippen LogP contribution in [0.4, 0.5) is 4.39 Å². The van der Waals surface area contributed by atoms with Crippen molar-refractivity contribution in [3.05, 3.63) is 24.0 Å². The molecule has 0 saturated carbocycles. The highest BCUT2D eigenvalue weighted by atomic mass is 19.1. The Morgan fingerprint density at radius 1 is 1.21 bits per heavy atom. The van der Waals surface area contributed by atoms with Crippen LogP contribution in [0.25, 0.3) is 0 Å². The third-order valence-electron chi connectivity index (χ3n) is 1.91. The Balaban J connectivity index is 2.23. The second kappa shape index (κ2) is 2.44. The van der Waals surface area contributed by atoms with E-state index in [4.69, 9.17) is 0 Å². The van der Waals surface area contributed by atoms with Crippen molar-refractivity contribution in [2.24, 2.45) is 20.0 Å². The molecule has 3 heterocycles. The molecule has 3 aliphatic rings. The molecule has 6 heteroatoms. The number of hydrogen-bond acceptors (Lipinski definition) is 5. The molecule has 3 aliphatic heterocycles. The molecule has 0 atom stereocenters. The van der Waals surface area contributed by atoms with Crippen LogP contribution in [0.5, 0.6) is 0 Å². The van der Waals surface area contributed by atoms with Gasteiger partial charge in [0.15, 0.2) is 0 Å². The SMILES string of the molecule is FC1=NC2=NC=CC3=CC=NC(=N1)N32. The Labute approximate surface area is 78.4 Å². The fourth-order valence-electron chi connectivity index (χ4n) is 1.35. The minimum atomic E-state index is -0.816. The van der Waals surface area contributed by atoms with E-state index >= 15 is 0 Å². The average Bonchev–Trinajstić information content (AvgIpc) is 2.18. The third kappa shape index (κ3) is 0.875. The van der Waals surface area contributed by atoms with Gasteiger partial charge in [0.1, 0.15) is 0 Å². The van der Waals surface area contributed by atoms with Crippen LogP contribution in [-0.2, 0) is 0 Å². The van der Waals surface area contributed by atoms with E-state index < -0.39 is 6.09 Å². The van der Waals surface area contributed by atoms with Gasteiger partial charge in [0, 0.05) is 12.4 Å². The van der Waals surface area contributed by atoms with E-state index in [1.165, 1.54) is 0 Å². The molecule has 14 heavy (non-hydrogen) atoms. The van der Waals surface area contributed by atoms with Crippen molar-refractivity contribution in [3.63, 3.8) is 0 Å². The molecule has 0 aromatic heterocycles. The molecule has 0 radical (unpaired) electrons. The largest absolute Gasteiger partial charge is 0.315 e. The summed E-state index contributed by atoms with van der Waals surface area (Å²) in [5, 5.41) is 0. The zero-order valence-corrected chi connectivity index (χ0v) is 6.92. The summed E-state index contributed by atoms with van der Waals surface area (Å²) >= 11 is 0. The van der Waals surface area contributed by atoms with Gasteiger partial charge in [-0.25, -0.2) is 14.9 Å². The normalized spacial score (nSPS) is 22.2. The third-order valence-corrected chi connectivity index (χ3v) is 1.91. The van der Waals surface area contributed by atoms with E-state index in [0.717, 1.165) is 5.70 Å². The van der Waals surface area contributed by atoms with E-state index in [1.54, 1.807) is 29.5 Å². The first-order valence-electron chi connectivity index (χ1n) is 3.96. The van der Waals surface area contributed by atoms with Crippen molar-refractivity contribution >= 4 is 24.2 Å². The minimum Gasteiger partial charge on any atom is -0.246 e. The molecule has 0 aliphatic carbocycles. The second-order valence-corrected chi connectivity index (χ2v) is 2.74. The summed E-state index contributed by atoms with van der Waals surface area (Å²) in [7, 11) is 0. The first kappa shape index (κ1) is 7.31. The van der Waals surface area contributed by atoms with Gasteiger partial charge in [-0.15, -0.1) is 0 Å². The molecule has 0 unspecified atom stereocenters. The second-order valence-electron chi connectivity index (χ2n) is 2.74. The number of amidine groups is 1. The highest BCUT2D eigenvalue weighted by Crippen LogP contribution is 2.20. The van der Waals surface area contributed by atoms with Crippen LogP contribution >= 0.6 is 0 Å². The van der Waals surface area contributed by atoms with E-state index in [-0.39, 0.29) is 11.9 Å². The number of rotatable bonds is 0. The predicted octanol–water partition coefficient (Wildman–Crippen LogP) is 0.835. The maximum atomic E-state index is 12.9. The molecular formula is C8H4FN5. The molecule has 0 spiro atoms. The van der Waals surface area contributed by atoms with Gasteiger partial charge >= 0.3 is 6.09 Å². The van der Waals surface area contributed by atoms with Crippen molar-refractivity contribution < 1.29 is 4.39 Å². The number of guanidine groups is 2. The minimum absolute atomic E-state index is 0.262. The standard InChI is InChI=1S/C8H4FN5/c9-6-12-7-10-3-1-5-2-4-11-8(13-6)14(5)7/h1-4H. The summed E-state index contributed by atoms with van der Waals surface area (Å²) in [5.41, 5.74) is 0.833. The van der Waals surface area contributed by atoms with Gasteiger partial charge < -0.3 is 0 Å². The Morgan fingerprint density at radius 3 is 3.07 bits per heavy atom. The van der Waals surface area contributed by atoms with Gasteiger partial charge in [-0.2, -0.15) is 14.4 Å². The molecular weight excluding hydrogens is 185 g/mol. The number of halogens is 1. The van der Waals surface area contributed by atoms with E-state index in [0.29, 0.717) is 0 Å². The average molecular weight is 189 g/mol. The maximum absolute atomic E-state index is 12.9. The molecule has 0 aromatic rings. The van der Waals surface area contributed by atoms with Crippen LogP contribution in [0, 0.1) is 0 Å². The van der Waals surface area contributed by atoms with E-state index in [1.807, 2.05) is 0 Å². The van der Waals surface area contributed by atoms with Crippen LogP contribution in [0.3, 0.4) is 0 Å². The van der Waals surface area contributed by atoms with Gasteiger partial charge in [0.25, 0.3) is 0 Å². The molecule has 0 amide bonds. The fourth-order valence-corrected chi connectivity index (χ4v) is 1.35. The van der Waals surface area contributed by atoms with Crippen LogP contribution in [0.15, 0.2) is 44.0 Å². The van der Waals surface area contributed by atoms with Crippen LogP contribution < -0.4 is 0 Å². The van der Waals surface area contributed by atoms with E-state index in [9.17, 15) is 4.39 Å². The number of aliphatic imine (C=N–C) groups is 4. The van der Waals surface area contributed by atoms with Crippen molar-refractivity contribution in [3.8, 4) is 0 Å². The highest BCUT2D eigenvalue weighted by molar-refractivity contribution is 6.15. The smallest absolute Gasteiger partial charge is 0.246 e. The van der Waals surface area contributed by atoms with Crippen molar-refractivity contribution in [1.29, 1.82) is 0 Å². The van der Waals surface area contributed by atoms with E-state index in [2.05, 4.69) is 20.0 Å². The van der Waals surface area contributed by atoms with Crippen LogP contribution in [-0.4, -0.2) is 29.1 Å². The summed E-state index contributed by atoms with van der Waals surface area (Å²) in [4.78, 5) is 16.6. The lowest BCUT2D eigenvalue weighted by molar-refractivity contribution is 0.705. The van der Waals surface area contributed by atoms with Gasteiger partial charge in [-0.05, 0) is 12.2 Å². The van der Waals surface area contributed by atoms with Crippen molar-refractivity contribution in [2.45, 2.75) is 0 Å². The Kier molecular flexibility index (Phi) is 1.27. The van der Waals surface area contributed by atoms with Gasteiger partial charge in [-0.3, -0.25) is 0 Å². The Morgan fingerprint density at radius 2 is 2.14 bits per heavy atom. The Bertz CT molecular complexity index is 478. The molecule has 0 N–H and O–H groups in total. The number of nitrogens with zero attached hydrogens (tertiary/aromatic N) is 5. The molecule has 0 fully saturated rings. The Hall–Kier alpha value is -2.11. The lowest BCUT2D eigenvalue weighted by Crippen LogP contribution is -2.39. The molecule has 0 saturated heterocycles. The summed E-state index contributed by atoms with van der Waals surface area (Å²) < 4.78 is 12.9. The van der Waals surface area contributed by atoms with Gasteiger partial charge in [0.05, 0.1) is 5.70 Å². The summed E-state index contributed by atoms with van der Waals surface area (Å²) in [6.07, 6.45) is 5.88. The molecule has 0 bridgehead atoms. The number of hydrogen-bond donors (Lipinski definition) is 0. The van der Waals surface area contributed by atoms with Crippen LogP contribution in [0.2, 0.25) is 0 Å². The monoisotopic (exact) mass is 189 g/mol. The predicted molar refractivity (Wildman–Crippen MR) is 51.0 cm³/mol. The highest BCUT2D eigenvalue weighted by Gasteiger charge is 2.28. The van der Waals surface area contributed by atoms with Gasteiger partial charge in [-0.1, -0.05) is 0 Å². The zero-order chi connectivity index (χ0) is 9.54. The maximum Gasteiger partial charge on any atom is 0.315 e. The van der Waals surface area contributed by atoms with Crippen molar-refractivity contribution in [2.75, 3.05) is 0 Å². The number of allylic oxidation sites excluding steroid dienone is 2. The molecule has 5 nitrogen and oxygen atoms in total. The first-order chi connectivity index (χ1) is 6.84. The summed E-state index contributed by atoms with van der Waals surface area (Å²) in [6, 6.07) is 0. The zero-order valence-electron chi connectivity index (χ0n) is 6.92. The lowest BCUT2D eigenvalue weighted by Gasteiger charge is -2.28. The van der Waals surface area contributed by atoms with Gasteiger partial charge in [0.2, 0.25) is 11.9 Å². The molecule has 68 valence electrons. The quantitative estimate of drug-likeness (QED) is 0.521. The van der Waals surface area contributed by atoms with Crippen molar-refractivity contribution in [1.82, 2.24) is 4.90 Å². The first-order valence-corrected chi connectivity index (χ1v) is 3.96. The molecule has 0 aromatic carbocycles. The summed E-state index contributed by atoms with van der Waals surface area (Å²) in [5.74, 6) is 0.524. The summed E-state index contributed by atoms with van der Waals surface area (Å²) in [6.45, 7) is 0. The fraction of sp³-hybridized carbons (Fsp3) is 0. The lowest BCUT2D eigenvalue weighted by atomic mass is 10.3. The van der Waals surface area contributed by atoms with Crippen LogP contribution in [0.1, 0.15) is 0 Å². The molecule has 3 rings (SSSR count). The topological polar surface area (TPSA) is 52.7 Å².